The van der Waals surface area contributed by atoms with Gasteiger partial charge in [0.05, 0.1) is 23.2 Å². The summed E-state index contributed by atoms with van der Waals surface area (Å²) < 4.78 is 91.3. The first-order valence-corrected chi connectivity index (χ1v) is 11.7. The fourth-order valence-corrected chi connectivity index (χ4v) is 4.89. The quantitative estimate of drug-likeness (QED) is 0.428. The highest BCUT2D eigenvalue weighted by Crippen LogP contribution is 2.39. The van der Waals surface area contributed by atoms with Crippen LogP contribution in [0, 0.1) is 11.6 Å². The van der Waals surface area contributed by atoms with Gasteiger partial charge >= 0.3 is 11.6 Å². The number of hydrogen-bond acceptors (Lipinski definition) is 5. The Balaban J connectivity index is 1.67. The van der Waals surface area contributed by atoms with Crippen LogP contribution in [-0.4, -0.2) is 34.5 Å². The second-order valence-electron chi connectivity index (χ2n) is 7.76. The Morgan fingerprint density at radius 2 is 1.85 bits per heavy atom. The van der Waals surface area contributed by atoms with Gasteiger partial charge in [-0.15, -0.1) is 0 Å². The topological polar surface area (TPSA) is 99.1 Å². The molecule has 0 spiro atoms. The van der Waals surface area contributed by atoms with Crippen LogP contribution in [0.4, 0.5) is 17.6 Å². The molecule has 0 saturated carbocycles. The number of aromatic nitrogens is 3. The van der Waals surface area contributed by atoms with Gasteiger partial charge in [-0.25, -0.2) is 31.3 Å². The third-order valence-corrected chi connectivity index (χ3v) is 7.17. The van der Waals surface area contributed by atoms with Crippen molar-refractivity contribution in [3.05, 3.63) is 70.4 Å². The molecule has 8 nitrogen and oxygen atoms in total. The molecule has 0 saturated heterocycles. The molecule has 0 bridgehead atoms. The highest BCUT2D eigenvalue weighted by molar-refractivity contribution is 7.89. The Hall–Kier alpha value is -3.45. The van der Waals surface area contributed by atoms with E-state index >= 15 is 8.78 Å². The summed E-state index contributed by atoms with van der Waals surface area (Å²) in [6, 6.07) is 5.78. The molecule has 178 valence electrons. The Morgan fingerprint density at radius 1 is 1.18 bits per heavy atom. The molecule has 4 aromatic rings. The van der Waals surface area contributed by atoms with Crippen LogP contribution in [0.1, 0.15) is 12.6 Å². The molecule has 2 aromatic carbocycles. The molecule has 5 rings (SSSR count). The number of hydrogen-bond donors (Lipinski definition) is 1. The first-order valence-electron chi connectivity index (χ1n) is 10.1. The molecule has 13 heteroatoms. The van der Waals surface area contributed by atoms with E-state index < -0.39 is 62.9 Å². The second-order valence-corrected chi connectivity index (χ2v) is 9.80. The zero-order valence-corrected chi connectivity index (χ0v) is 18.2. The van der Waals surface area contributed by atoms with Gasteiger partial charge in [0, 0.05) is 11.8 Å². The summed E-state index contributed by atoms with van der Waals surface area (Å²) in [4.78, 5) is 13.0. The molecule has 0 radical (unpaired) electrons. The number of halogens is 4. The highest BCUT2D eigenvalue weighted by atomic mass is 32.2. The summed E-state index contributed by atoms with van der Waals surface area (Å²) in [6.07, 6.45) is 0.828. The molecule has 0 amide bonds. The van der Waals surface area contributed by atoms with Crippen molar-refractivity contribution in [2.75, 3.05) is 5.75 Å². The Bertz CT molecular complexity index is 1590. The number of benzene rings is 2. The van der Waals surface area contributed by atoms with Gasteiger partial charge in [-0.05, 0) is 25.1 Å². The number of sulfonamides is 1. The molecule has 1 aliphatic rings. The minimum absolute atomic E-state index is 0.0166. The van der Waals surface area contributed by atoms with Crippen LogP contribution >= 0.6 is 0 Å². The van der Waals surface area contributed by atoms with Crippen molar-refractivity contribution in [1.29, 1.82) is 0 Å². The Labute approximate surface area is 189 Å². The van der Waals surface area contributed by atoms with Gasteiger partial charge in [0.15, 0.2) is 11.4 Å². The summed E-state index contributed by atoms with van der Waals surface area (Å²) in [5.41, 5.74) is -1.97. The zero-order valence-electron chi connectivity index (χ0n) is 17.4. The molecule has 34 heavy (non-hydrogen) atoms. The number of nitrogens with one attached hydrogen (secondary N) is 1. The van der Waals surface area contributed by atoms with Crippen LogP contribution in [-0.2, 0) is 22.5 Å². The molecule has 1 atom stereocenters. The predicted octanol–water partition coefficient (Wildman–Crippen LogP) is 3.14. The van der Waals surface area contributed by atoms with E-state index in [4.69, 9.17) is 4.52 Å². The highest BCUT2D eigenvalue weighted by Gasteiger charge is 2.52. The van der Waals surface area contributed by atoms with Gasteiger partial charge in [0.2, 0.25) is 10.0 Å². The maximum Gasteiger partial charge on any atom is 0.334 e. The van der Waals surface area contributed by atoms with Crippen molar-refractivity contribution >= 4 is 21.0 Å². The first kappa shape index (κ1) is 22.3. The lowest BCUT2D eigenvalue weighted by molar-refractivity contribution is -0.0248. The third kappa shape index (κ3) is 3.26. The van der Waals surface area contributed by atoms with Gasteiger partial charge in [-0.2, -0.15) is 8.78 Å². The number of imidazole rings is 1. The Kier molecular flexibility index (Phi) is 4.95. The van der Waals surface area contributed by atoms with E-state index in [2.05, 4.69) is 5.16 Å². The van der Waals surface area contributed by atoms with Gasteiger partial charge in [0.25, 0.3) is 0 Å². The van der Waals surface area contributed by atoms with Crippen molar-refractivity contribution in [2.45, 2.75) is 25.4 Å². The van der Waals surface area contributed by atoms with Crippen LogP contribution in [0.25, 0.3) is 27.9 Å². The molecule has 0 fully saturated rings. The van der Waals surface area contributed by atoms with E-state index in [0.717, 1.165) is 27.5 Å². The van der Waals surface area contributed by atoms with Gasteiger partial charge in [-0.1, -0.05) is 23.4 Å². The lowest BCUT2D eigenvalue weighted by Crippen LogP contribution is -2.45. The molecular weight excluding hydrogens is 480 g/mol. The van der Waals surface area contributed by atoms with Crippen LogP contribution < -0.4 is 10.4 Å². The average Bonchev–Trinajstić information content (AvgIpc) is 3.41. The van der Waals surface area contributed by atoms with Crippen molar-refractivity contribution < 1.29 is 30.5 Å². The molecule has 0 unspecified atom stereocenters. The van der Waals surface area contributed by atoms with E-state index in [9.17, 15) is 22.0 Å². The molecule has 2 aromatic heterocycles. The zero-order chi connectivity index (χ0) is 24.4. The van der Waals surface area contributed by atoms with E-state index in [1.165, 1.54) is 31.2 Å². The van der Waals surface area contributed by atoms with Crippen molar-refractivity contribution in [3.63, 3.8) is 0 Å². The lowest BCUT2D eigenvalue weighted by atomic mass is 10.0. The molecule has 1 aliphatic heterocycles. The summed E-state index contributed by atoms with van der Waals surface area (Å²) >= 11 is 0. The van der Waals surface area contributed by atoms with E-state index in [-0.39, 0.29) is 22.4 Å². The lowest BCUT2D eigenvalue weighted by Gasteiger charge is -2.19. The van der Waals surface area contributed by atoms with Gasteiger partial charge in [0.1, 0.15) is 23.4 Å². The summed E-state index contributed by atoms with van der Waals surface area (Å²) in [5, 5.41) is 3.84. The standard InChI is InChI=1S/C21H16F4N4O4S/c1-2-34(31,32)27-15-9-28-16(21(15,24)25)10-29(20(28)30)19-18-11(5-3-8-14(18)33-26-19)17-12(22)6-4-7-13(17)23/h3-8,10,15,27H,2,9H2,1H3/t15-/m1/s1. The SMILES string of the molecule is CCS(=O)(=O)N[C@@H]1Cn2c(cn(-c3noc4cccc(-c5c(F)cccc5F)c34)c2=O)C1(F)F. The van der Waals surface area contributed by atoms with Crippen LogP contribution in [0.15, 0.2) is 51.9 Å². The largest absolute Gasteiger partial charge is 0.354 e. The van der Waals surface area contributed by atoms with Crippen LogP contribution in [0.5, 0.6) is 0 Å². The van der Waals surface area contributed by atoms with Crippen molar-refractivity contribution in [1.82, 2.24) is 19.0 Å². The molecule has 1 N–H and O–H groups in total. The van der Waals surface area contributed by atoms with Crippen LogP contribution in [0.3, 0.4) is 0 Å². The van der Waals surface area contributed by atoms with Gasteiger partial charge in [-0.3, -0.25) is 4.57 Å². The van der Waals surface area contributed by atoms with Crippen LogP contribution in [0.2, 0.25) is 0 Å². The first-order chi connectivity index (χ1) is 16.0. The fourth-order valence-electron chi connectivity index (χ4n) is 4.07. The van der Waals surface area contributed by atoms with Crippen molar-refractivity contribution in [3.8, 4) is 16.9 Å². The normalized spacial score (nSPS) is 17.4. The van der Waals surface area contributed by atoms with Gasteiger partial charge < -0.3 is 4.52 Å². The molecule has 3 heterocycles. The smallest absolute Gasteiger partial charge is 0.334 e. The number of alkyl halides is 2. The summed E-state index contributed by atoms with van der Waals surface area (Å²) in [6.45, 7) is 0.687. The molecular formula is C21H16F4N4O4S. The van der Waals surface area contributed by atoms with Crippen molar-refractivity contribution in [2.24, 2.45) is 0 Å². The fraction of sp³-hybridized carbons (Fsp3) is 0.238. The summed E-state index contributed by atoms with van der Waals surface area (Å²) in [5.74, 6) is -6.08. The van der Waals surface area contributed by atoms with E-state index in [1.807, 2.05) is 4.72 Å². The maximum absolute atomic E-state index is 15.0. The minimum atomic E-state index is -3.96. The summed E-state index contributed by atoms with van der Waals surface area (Å²) in [7, 11) is -3.96. The number of nitrogens with zero attached hydrogens (tertiary/aromatic N) is 3. The third-order valence-electron chi connectivity index (χ3n) is 5.77. The van der Waals surface area contributed by atoms with E-state index in [0.29, 0.717) is 0 Å². The molecule has 0 aliphatic carbocycles. The number of fused-ring (bicyclic) bond motifs is 2. The maximum atomic E-state index is 15.0. The second kappa shape index (κ2) is 7.53. The number of rotatable bonds is 5. The predicted molar refractivity (Wildman–Crippen MR) is 113 cm³/mol. The monoisotopic (exact) mass is 496 g/mol. The Morgan fingerprint density at radius 3 is 2.50 bits per heavy atom. The van der Waals surface area contributed by atoms with E-state index in [1.54, 1.807) is 0 Å². The minimum Gasteiger partial charge on any atom is -0.354 e. The average molecular weight is 496 g/mol.